The number of rotatable bonds is 2. The van der Waals surface area contributed by atoms with Gasteiger partial charge in [-0.25, -0.2) is 0 Å². The lowest BCUT2D eigenvalue weighted by Gasteiger charge is -2.43. The fourth-order valence-electron chi connectivity index (χ4n) is 3.54. The second kappa shape index (κ2) is 6.53. The third kappa shape index (κ3) is 2.90. The molecule has 1 heterocycles. The highest BCUT2D eigenvalue weighted by molar-refractivity contribution is 5.85. The van der Waals surface area contributed by atoms with Gasteiger partial charge in [0, 0.05) is 19.0 Å². The number of likely N-dealkylation sites (N-methyl/N-ethyl adjacent to an activating group) is 1. The van der Waals surface area contributed by atoms with Crippen molar-refractivity contribution < 1.29 is 14.6 Å². The van der Waals surface area contributed by atoms with Gasteiger partial charge < -0.3 is 14.6 Å². The Morgan fingerprint density at radius 1 is 1.33 bits per heavy atom. The molecule has 5 heteroatoms. The normalized spacial score (nSPS) is 26.3. The third-order valence-corrected chi connectivity index (χ3v) is 4.68. The molecule has 1 saturated heterocycles. The second-order valence-electron chi connectivity index (χ2n) is 5.86. The van der Waals surface area contributed by atoms with Crippen molar-refractivity contribution in [1.82, 2.24) is 4.90 Å². The molecule has 2 aliphatic rings. The van der Waals surface area contributed by atoms with Crippen molar-refractivity contribution in [3.8, 4) is 5.75 Å². The standard InChI is InChI=1S/C16H23NO3.ClH/c1-10(18)11-4-5-15(19-3)13-8-14-16(9-12(11)13)20-7-6-17(14)2;/h4-5,10,14,16,18H,6-9H2,1-3H3;1H/t10-,14+,16+;/m0./s1. The van der Waals surface area contributed by atoms with Crippen LogP contribution in [0.25, 0.3) is 0 Å². The Labute approximate surface area is 132 Å². The predicted octanol–water partition coefficient (Wildman–Crippen LogP) is 1.97. The van der Waals surface area contributed by atoms with Crippen LogP contribution in [-0.2, 0) is 17.6 Å². The summed E-state index contributed by atoms with van der Waals surface area (Å²) >= 11 is 0. The average Bonchev–Trinajstić information content (AvgIpc) is 2.44. The molecule has 1 aromatic rings. The number of morpholine rings is 1. The minimum atomic E-state index is -0.451. The maximum Gasteiger partial charge on any atom is 0.122 e. The van der Waals surface area contributed by atoms with E-state index in [0.29, 0.717) is 6.04 Å². The lowest BCUT2D eigenvalue weighted by molar-refractivity contribution is -0.0648. The van der Waals surface area contributed by atoms with Crippen molar-refractivity contribution in [2.24, 2.45) is 0 Å². The van der Waals surface area contributed by atoms with Crippen LogP contribution in [0.15, 0.2) is 12.1 Å². The van der Waals surface area contributed by atoms with Gasteiger partial charge in [-0.3, -0.25) is 4.90 Å². The molecule has 0 aromatic heterocycles. The highest BCUT2D eigenvalue weighted by atomic mass is 35.5. The smallest absolute Gasteiger partial charge is 0.122 e. The summed E-state index contributed by atoms with van der Waals surface area (Å²) < 4.78 is 11.5. The summed E-state index contributed by atoms with van der Waals surface area (Å²) in [7, 11) is 3.88. The van der Waals surface area contributed by atoms with Gasteiger partial charge in [-0.15, -0.1) is 12.4 Å². The molecule has 0 amide bonds. The molecule has 1 aliphatic heterocycles. The van der Waals surface area contributed by atoms with Gasteiger partial charge in [-0.1, -0.05) is 6.07 Å². The molecule has 1 N–H and O–H groups in total. The number of aliphatic hydroxyl groups excluding tert-OH is 1. The monoisotopic (exact) mass is 313 g/mol. The quantitative estimate of drug-likeness (QED) is 0.906. The Kier molecular flexibility index (Phi) is 5.15. The van der Waals surface area contributed by atoms with E-state index in [4.69, 9.17) is 9.47 Å². The summed E-state index contributed by atoms with van der Waals surface area (Å²) in [5.74, 6) is 0.932. The van der Waals surface area contributed by atoms with Crippen LogP contribution in [0.5, 0.6) is 5.75 Å². The number of ether oxygens (including phenoxy) is 2. The Hall–Kier alpha value is -0.810. The number of nitrogens with zero attached hydrogens (tertiary/aromatic N) is 1. The zero-order chi connectivity index (χ0) is 14.3. The number of benzene rings is 1. The van der Waals surface area contributed by atoms with E-state index >= 15 is 0 Å². The number of fused-ring (bicyclic) bond motifs is 2. The van der Waals surface area contributed by atoms with Crippen LogP contribution in [0.2, 0.25) is 0 Å². The first-order valence-corrected chi connectivity index (χ1v) is 7.30. The van der Waals surface area contributed by atoms with Crippen LogP contribution in [0.3, 0.4) is 0 Å². The summed E-state index contributed by atoms with van der Waals surface area (Å²) in [6.07, 6.45) is 1.57. The molecule has 0 saturated carbocycles. The molecule has 1 fully saturated rings. The first-order chi connectivity index (χ1) is 9.61. The second-order valence-corrected chi connectivity index (χ2v) is 5.86. The van der Waals surface area contributed by atoms with Crippen LogP contribution in [0.1, 0.15) is 29.7 Å². The molecule has 118 valence electrons. The molecular weight excluding hydrogens is 290 g/mol. The topological polar surface area (TPSA) is 41.9 Å². The van der Waals surface area contributed by atoms with Gasteiger partial charge in [-0.05, 0) is 43.1 Å². The van der Waals surface area contributed by atoms with Crippen LogP contribution in [0.4, 0.5) is 0 Å². The van der Waals surface area contributed by atoms with Crippen molar-refractivity contribution in [3.05, 3.63) is 28.8 Å². The number of hydrogen-bond acceptors (Lipinski definition) is 4. The first-order valence-electron chi connectivity index (χ1n) is 7.30. The number of aliphatic hydroxyl groups is 1. The summed E-state index contributed by atoms with van der Waals surface area (Å²) in [6.45, 7) is 3.60. The van der Waals surface area contributed by atoms with Crippen molar-refractivity contribution in [3.63, 3.8) is 0 Å². The maximum absolute atomic E-state index is 10.00. The van der Waals surface area contributed by atoms with E-state index in [0.717, 1.165) is 37.3 Å². The van der Waals surface area contributed by atoms with E-state index in [2.05, 4.69) is 11.9 Å². The number of methoxy groups -OCH3 is 1. The summed E-state index contributed by atoms with van der Waals surface area (Å²) in [6, 6.07) is 4.37. The molecule has 0 radical (unpaired) electrons. The molecule has 1 aliphatic carbocycles. The van der Waals surface area contributed by atoms with Crippen molar-refractivity contribution >= 4 is 12.4 Å². The van der Waals surface area contributed by atoms with Gasteiger partial charge in [0.2, 0.25) is 0 Å². The lowest BCUT2D eigenvalue weighted by Crippen LogP contribution is -2.53. The van der Waals surface area contributed by atoms with Crippen molar-refractivity contribution in [2.45, 2.75) is 38.0 Å². The van der Waals surface area contributed by atoms with E-state index in [1.54, 1.807) is 7.11 Å². The molecule has 0 spiro atoms. The summed E-state index contributed by atoms with van der Waals surface area (Å²) in [4.78, 5) is 2.38. The van der Waals surface area contributed by atoms with Crippen LogP contribution in [-0.4, -0.2) is 49.5 Å². The SMILES string of the molecule is COc1ccc([C@H](C)O)c2c1C[C@@H]1[C@@H](C2)OCCN1C.Cl. The summed E-state index contributed by atoms with van der Waals surface area (Å²) in [5, 5.41) is 10.00. The molecule has 0 unspecified atom stereocenters. The zero-order valence-corrected chi connectivity index (χ0v) is 13.7. The van der Waals surface area contributed by atoms with Gasteiger partial charge in [0.15, 0.2) is 0 Å². The lowest BCUT2D eigenvalue weighted by atomic mass is 9.81. The molecule has 1 aromatic carbocycles. The first kappa shape index (κ1) is 16.6. The molecular formula is C16H24ClNO3. The number of hydrogen-bond donors (Lipinski definition) is 1. The van der Waals surface area contributed by atoms with E-state index in [-0.39, 0.29) is 18.5 Å². The minimum Gasteiger partial charge on any atom is -0.496 e. The average molecular weight is 314 g/mol. The van der Waals surface area contributed by atoms with Gasteiger partial charge in [0.05, 0.1) is 25.9 Å². The molecule has 21 heavy (non-hydrogen) atoms. The Morgan fingerprint density at radius 2 is 2.10 bits per heavy atom. The third-order valence-electron chi connectivity index (χ3n) is 4.68. The van der Waals surface area contributed by atoms with Crippen molar-refractivity contribution in [1.29, 1.82) is 0 Å². The largest absolute Gasteiger partial charge is 0.496 e. The van der Waals surface area contributed by atoms with Gasteiger partial charge in [0.25, 0.3) is 0 Å². The molecule has 0 bridgehead atoms. The minimum absolute atomic E-state index is 0. The Morgan fingerprint density at radius 3 is 2.76 bits per heavy atom. The van der Waals surface area contributed by atoms with Gasteiger partial charge >= 0.3 is 0 Å². The molecule has 3 rings (SSSR count). The van der Waals surface area contributed by atoms with Gasteiger partial charge in [-0.2, -0.15) is 0 Å². The van der Waals surface area contributed by atoms with Crippen LogP contribution < -0.4 is 4.74 Å². The van der Waals surface area contributed by atoms with Crippen molar-refractivity contribution in [2.75, 3.05) is 27.3 Å². The fourth-order valence-corrected chi connectivity index (χ4v) is 3.54. The molecule has 4 nitrogen and oxygen atoms in total. The zero-order valence-electron chi connectivity index (χ0n) is 12.8. The fraction of sp³-hybridized carbons (Fsp3) is 0.625. The predicted molar refractivity (Wildman–Crippen MR) is 84.4 cm³/mol. The summed E-state index contributed by atoms with van der Waals surface area (Å²) in [5.41, 5.74) is 3.47. The van der Waals surface area contributed by atoms with Crippen LogP contribution >= 0.6 is 12.4 Å². The van der Waals surface area contributed by atoms with E-state index in [9.17, 15) is 5.11 Å². The van der Waals surface area contributed by atoms with E-state index in [1.165, 1.54) is 11.1 Å². The van der Waals surface area contributed by atoms with Crippen LogP contribution in [0, 0.1) is 0 Å². The Bertz CT molecular complexity index is 507. The molecule has 3 atom stereocenters. The van der Waals surface area contributed by atoms with E-state index in [1.807, 2.05) is 19.1 Å². The van der Waals surface area contributed by atoms with Gasteiger partial charge in [0.1, 0.15) is 5.75 Å². The highest BCUT2D eigenvalue weighted by Gasteiger charge is 2.37. The highest BCUT2D eigenvalue weighted by Crippen LogP contribution is 2.37. The maximum atomic E-state index is 10.00. The number of halogens is 1. The van der Waals surface area contributed by atoms with E-state index < -0.39 is 6.10 Å². The Balaban J connectivity index is 0.00000161.